The molecule has 1 aliphatic heterocycles. The lowest BCUT2D eigenvalue weighted by Gasteiger charge is -2.25. The van der Waals surface area contributed by atoms with Crippen LogP contribution in [0.5, 0.6) is 5.75 Å². The third-order valence-electron chi connectivity index (χ3n) is 4.31. The monoisotopic (exact) mass is 369 g/mol. The van der Waals surface area contributed by atoms with Crippen LogP contribution in [0.3, 0.4) is 0 Å². The standard InChI is InChI=1S/C20H23N3O4/c1-2-21-23-15-6-3-13(4-7-15)20(26)22-16-8-10-18-14(11-16)5-9-17(27-18)12-19(24)25/h3-4,6-8,10-11,17,21,23H,2,5,9,12H2,1H3,(H,22,26)(H,24,25). The van der Waals surface area contributed by atoms with Crippen LogP contribution in [0.15, 0.2) is 42.5 Å². The molecule has 3 rings (SSSR count). The van der Waals surface area contributed by atoms with E-state index in [0.717, 1.165) is 24.2 Å². The van der Waals surface area contributed by atoms with Crippen molar-refractivity contribution in [2.24, 2.45) is 0 Å². The quantitative estimate of drug-likeness (QED) is 0.560. The molecule has 27 heavy (non-hydrogen) atoms. The Labute approximate surface area is 157 Å². The largest absolute Gasteiger partial charge is 0.490 e. The minimum absolute atomic E-state index is 0.00342. The number of anilines is 2. The number of carboxylic acid groups (broad SMARTS) is 1. The van der Waals surface area contributed by atoms with Gasteiger partial charge >= 0.3 is 5.97 Å². The van der Waals surface area contributed by atoms with Gasteiger partial charge in [0.1, 0.15) is 11.9 Å². The summed E-state index contributed by atoms with van der Waals surface area (Å²) >= 11 is 0. The zero-order valence-electron chi connectivity index (χ0n) is 15.1. The fraction of sp³-hybridized carbons (Fsp3) is 0.300. The van der Waals surface area contributed by atoms with Gasteiger partial charge in [0.25, 0.3) is 5.91 Å². The van der Waals surface area contributed by atoms with E-state index >= 15 is 0 Å². The third kappa shape index (κ3) is 4.98. The van der Waals surface area contributed by atoms with Crippen LogP contribution in [0.4, 0.5) is 11.4 Å². The highest BCUT2D eigenvalue weighted by Crippen LogP contribution is 2.31. The van der Waals surface area contributed by atoms with Gasteiger partial charge in [0, 0.05) is 23.5 Å². The van der Waals surface area contributed by atoms with Crippen LogP contribution < -0.4 is 20.9 Å². The Balaban J connectivity index is 1.63. The fourth-order valence-electron chi connectivity index (χ4n) is 2.96. The molecule has 0 fully saturated rings. The Morgan fingerprint density at radius 3 is 2.59 bits per heavy atom. The Hall–Kier alpha value is -3.06. The number of carboxylic acids is 1. The van der Waals surface area contributed by atoms with E-state index < -0.39 is 5.97 Å². The molecule has 0 aromatic heterocycles. The van der Waals surface area contributed by atoms with Gasteiger partial charge in [0.15, 0.2) is 0 Å². The first-order valence-electron chi connectivity index (χ1n) is 8.97. The van der Waals surface area contributed by atoms with Crippen LogP contribution in [0, 0.1) is 0 Å². The first-order valence-corrected chi connectivity index (χ1v) is 8.97. The lowest BCUT2D eigenvalue weighted by atomic mass is 10.00. The van der Waals surface area contributed by atoms with E-state index in [9.17, 15) is 9.59 Å². The Kier molecular flexibility index (Phi) is 5.93. The number of nitrogens with one attached hydrogen (secondary N) is 3. The van der Waals surface area contributed by atoms with Crippen molar-refractivity contribution < 1.29 is 19.4 Å². The number of fused-ring (bicyclic) bond motifs is 1. The number of carbonyl (C=O) groups excluding carboxylic acids is 1. The molecule has 1 aliphatic rings. The number of hydrazine groups is 1. The van der Waals surface area contributed by atoms with Crippen LogP contribution in [-0.4, -0.2) is 29.6 Å². The first-order chi connectivity index (χ1) is 13.0. The van der Waals surface area contributed by atoms with Crippen molar-refractivity contribution >= 4 is 23.3 Å². The average molecular weight is 369 g/mol. The van der Waals surface area contributed by atoms with Crippen LogP contribution >= 0.6 is 0 Å². The van der Waals surface area contributed by atoms with Gasteiger partial charge in [-0.05, 0) is 60.9 Å². The molecule has 0 aliphatic carbocycles. The molecule has 2 aromatic rings. The summed E-state index contributed by atoms with van der Waals surface area (Å²) in [5.74, 6) is -0.367. The molecule has 1 unspecified atom stereocenters. The van der Waals surface area contributed by atoms with E-state index in [-0.39, 0.29) is 18.4 Å². The second-order valence-electron chi connectivity index (χ2n) is 6.39. The molecular formula is C20H23N3O4. The molecule has 0 spiro atoms. The summed E-state index contributed by atoms with van der Waals surface area (Å²) in [7, 11) is 0. The number of hydrogen-bond acceptors (Lipinski definition) is 5. The van der Waals surface area contributed by atoms with Crippen molar-refractivity contribution in [1.82, 2.24) is 5.43 Å². The number of aryl methyl sites for hydroxylation is 1. The fourth-order valence-corrected chi connectivity index (χ4v) is 2.96. The van der Waals surface area contributed by atoms with Crippen molar-refractivity contribution in [2.75, 3.05) is 17.3 Å². The van der Waals surface area contributed by atoms with Gasteiger partial charge in [0.05, 0.1) is 6.42 Å². The van der Waals surface area contributed by atoms with Crippen molar-refractivity contribution in [2.45, 2.75) is 32.3 Å². The number of benzene rings is 2. The second-order valence-corrected chi connectivity index (χ2v) is 6.39. The number of hydrogen-bond donors (Lipinski definition) is 4. The number of ether oxygens (including phenoxy) is 1. The number of aliphatic carboxylic acids is 1. The summed E-state index contributed by atoms with van der Waals surface area (Å²) in [6.07, 6.45) is 1.07. The molecule has 1 amide bonds. The summed E-state index contributed by atoms with van der Waals surface area (Å²) in [6, 6.07) is 12.6. The molecule has 1 heterocycles. The highest BCUT2D eigenvalue weighted by Gasteiger charge is 2.22. The molecular weight excluding hydrogens is 346 g/mol. The molecule has 2 aromatic carbocycles. The highest BCUT2D eigenvalue weighted by molar-refractivity contribution is 6.04. The first kappa shape index (κ1) is 18.7. The van der Waals surface area contributed by atoms with E-state index in [0.29, 0.717) is 23.4 Å². The lowest BCUT2D eigenvalue weighted by molar-refractivity contribution is -0.139. The van der Waals surface area contributed by atoms with Gasteiger partial charge in [-0.1, -0.05) is 6.92 Å². The number of rotatable bonds is 7. The Bertz CT molecular complexity index is 820. The maximum absolute atomic E-state index is 12.4. The van der Waals surface area contributed by atoms with E-state index in [1.165, 1.54) is 0 Å². The van der Waals surface area contributed by atoms with Crippen molar-refractivity contribution in [1.29, 1.82) is 0 Å². The van der Waals surface area contributed by atoms with Crippen LogP contribution in [0.25, 0.3) is 0 Å². The van der Waals surface area contributed by atoms with Gasteiger partial charge in [-0.25, -0.2) is 5.43 Å². The molecule has 0 saturated heterocycles. The predicted octanol–water partition coefficient (Wildman–Crippen LogP) is 3.04. The van der Waals surface area contributed by atoms with Crippen molar-refractivity contribution in [3.8, 4) is 5.75 Å². The zero-order chi connectivity index (χ0) is 19.2. The van der Waals surface area contributed by atoms with Crippen molar-refractivity contribution in [3.05, 3.63) is 53.6 Å². The van der Waals surface area contributed by atoms with Gasteiger partial charge in [-0.3, -0.25) is 9.59 Å². The van der Waals surface area contributed by atoms with Gasteiger partial charge in [0.2, 0.25) is 0 Å². The van der Waals surface area contributed by atoms with E-state index in [2.05, 4.69) is 16.2 Å². The molecule has 1 atom stereocenters. The lowest BCUT2D eigenvalue weighted by Crippen LogP contribution is -2.25. The minimum atomic E-state index is -0.862. The molecule has 4 N–H and O–H groups in total. The second kappa shape index (κ2) is 8.55. The maximum Gasteiger partial charge on any atom is 0.307 e. The summed E-state index contributed by atoms with van der Waals surface area (Å²) in [4.78, 5) is 23.3. The number of amides is 1. The summed E-state index contributed by atoms with van der Waals surface area (Å²) in [6.45, 7) is 2.78. The third-order valence-corrected chi connectivity index (χ3v) is 4.31. The SMILES string of the molecule is CCNNc1ccc(C(=O)Nc2ccc3c(c2)CCC(CC(=O)O)O3)cc1. The normalized spacial score (nSPS) is 15.4. The zero-order valence-corrected chi connectivity index (χ0v) is 15.1. The summed E-state index contributed by atoms with van der Waals surface area (Å²) < 4.78 is 5.73. The molecule has 142 valence electrons. The summed E-state index contributed by atoms with van der Waals surface area (Å²) in [5, 5.41) is 11.8. The molecule has 0 saturated carbocycles. The Morgan fingerprint density at radius 2 is 1.89 bits per heavy atom. The summed E-state index contributed by atoms with van der Waals surface area (Å²) in [5.41, 5.74) is 9.14. The van der Waals surface area contributed by atoms with E-state index in [1.807, 2.05) is 25.1 Å². The smallest absolute Gasteiger partial charge is 0.307 e. The van der Waals surface area contributed by atoms with Crippen LogP contribution in [-0.2, 0) is 11.2 Å². The molecule has 7 heteroatoms. The van der Waals surface area contributed by atoms with Gasteiger partial charge in [-0.2, -0.15) is 0 Å². The van der Waals surface area contributed by atoms with Gasteiger partial charge in [-0.15, -0.1) is 0 Å². The molecule has 0 radical (unpaired) electrons. The van der Waals surface area contributed by atoms with E-state index in [1.54, 1.807) is 24.3 Å². The number of carbonyl (C=O) groups is 2. The topological polar surface area (TPSA) is 99.7 Å². The minimum Gasteiger partial charge on any atom is -0.490 e. The highest BCUT2D eigenvalue weighted by atomic mass is 16.5. The van der Waals surface area contributed by atoms with Crippen molar-refractivity contribution in [3.63, 3.8) is 0 Å². The maximum atomic E-state index is 12.4. The van der Waals surface area contributed by atoms with Crippen LogP contribution in [0.1, 0.15) is 35.7 Å². The van der Waals surface area contributed by atoms with E-state index in [4.69, 9.17) is 9.84 Å². The Morgan fingerprint density at radius 1 is 1.15 bits per heavy atom. The van der Waals surface area contributed by atoms with Crippen LogP contribution in [0.2, 0.25) is 0 Å². The molecule has 0 bridgehead atoms. The average Bonchev–Trinajstić information content (AvgIpc) is 2.66. The molecule has 7 nitrogen and oxygen atoms in total. The predicted molar refractivity (Wildman–Crippen MR) is 103 cm³/mol. The van der Waals surface area contributed by atoms with Gasteiger partial charge < -0.3 is 20.6 Å².